The highest BCUT2D eigenvalue weighted by atomic mass is 32.2. The van der Waals surface area contributed by atoms with Crippen molar-refractivity contribution in [1.29, 1.82) is 0 Å². The van der Waals surface area contributed by atoms with Gasteiger partial charge in [-0.2, -0.15) is 10.2 Å². The molecule has 0 radical (unpaired) electrons. The summed E-state index contributed by atoms with van der Waals surface area (Å²) in [6.45, 7) is 6.13. The number of aromatic nitrogens is 7. The average molecular weight is 659 g/mol. The number of fused-ring (bicyclic) bond motifs is 5. The SMILES string of the molecule is CCc1c(F)ccc2cc3c(cnn3C3CCCCO3)c(-c3nn(C)c4c5c(N6CCOC[C@@](C)(O)C6)nc(SC)nc5n(C)c34)c12. The monoisotopic (exact) mass is 658 g/mol. The molecule has 2 fully saturated rings. The lowest BCUT2D eigenvalue weighted by atomic mass is 9.92. The minimum Gasteiger partial charge on any atom is -0.386 e. The molecule has 13 heteroatoms. The Morgan fingerprint density at radius 2 is 1.98 bits per heavy atom. The van der Waals surface area contributed by atoms with Gasteiger partial charge in [-0.15, -0.1) is 0 Å². The van der Waals surface area contributed by atoms with Crippen LogP contribution in [-0.4, -0.2) is 84.0 Å². The van der Waals surface area contributed by atoms with Crippen molar-refractivity contribution in [3.63, 3.8) is 0 Å². The third-order valence-corrected chi connectivity index (χ3v) is 10.2. The normalized spacial score (nSPS) is 21.1. The molecule has 0 aliphatic carbocycles. The van der Waals surface area contributed by atoms with Gasteiger partial charge in [0, 0.05) is 38.2 Å². The summed E-state index contributed by atoms with van der Waals surface area (Å²) in [6, 6.07) is 5.53. The maximum atomic E-state index is 15.6. The summed E-state index contributed by atoms with van der Waals surface area (Å²) in [7, 11) is 3.93. The Hall–Kier alpha value is -3.78. The number of halogens is 1. The largest absolute Gasteiger partial charge is 0.386 e. The molecule has 1 N–H and O–H groups in total. The van der Waals surface area contributed by atoms with Crippen molar-refractivity contribution in [3.8, 4) is 11.3 Å². The fourth-order valence-electron chi connectivity index (χ4n) is 7.54. The van der Waals surface area contributed by atoms with E-state index in [1.807, 2.05) is 48.9 Å². The van der Waals surface area contributed by atoms with E-state index >= 15 is 4.39 Å². The molecule has 1 unspecified atom stereocenters. The van der Waals surface area contributed by atoms with Crippen LogP contribution < -0.4 is 4.90 Å². The lowest BCUT2D eigenvalue weighted by Crippen LogP contribution is -2.42. The third-order valence-electron chi connectivity index (χ3n) is 9.65. The second kappa shape index (κ2) is 11.4. The molecule has 6 heterocycles. The van der Waals surface area contributed by atoms with E-state index in [0.29, 0.717) is 43.4 Å². The Kier molecular flexibility index (Phi) is 7.43. The van der Waals surface area contributed by atoms with Crippen molar-refractivity contribution in [3.05, 3.63) is 35.8 Å². The molecule has 0 saturated carbocycles. The molecule has 2 aromatic carbocycles. The van der Waals surface area contributed by atoms with Crippen LogP contribution in [0.5, 0.6) is 0 Å². The van der Waals surface area contributed by atoms with E-state index in [1.54, 1.807) is 13.0 Å². The molecule has 2 aliphatic heterocycles. The first-order chi connectivity index (χ1) is 22.7. The van der Waals surface area contributed by atoms with Gasteiger partial charge in [0.25, 0.3) is 0 Å². The zero-order valence-corrected chi connectivity index (χ0v) is 28.2. The lowest BCUT2D eigenvalue weighted by molar-refractivity contribution is -0.0366. The van der Waals surface area contributed by atoms with Crippen LogP contribution >= 0.6 is 11.8 Å². The first-order valence-corrected chi connectivity index (χ1v) is 17.5. The molecule has 6 aromatic rings. The summed E-state index contributed by atoms with van der Waals surface area (Å²) in [4.78, 5) is 12.1. The highest BCUT2D eigenvalue weighted by Crippen LogP contribution is 2.45. The van der Waals surface area contributed by atoms with E-state index in [-0.39, 0.29) is 18.7 Å². The van der Waals surface area contributed by atoms with Crippen LogP contribution in [0.4, 0.5) is 10.2 Å². The number of β-amino-alcohol motifs (C(OH)–C–C–N with tert-alkyl or cyclic N) is 1. The van der Waals surface area contributed by atoms with Crippen LogP contribution in [0, 0.1) is 5.82 Å². The van der Waals surface area contributed by atoms with Gasteiger partial charge in [0.2, 0.25) is 0 Å². The Morgan fingerprint density at radius 3 is 2.74 bits per heavy atom. The van der Waals surface area contributed by atoms with Crippen molar-refractivity contribution >= 4 is 61.3 Å². The molecule has 4 aromatic heterocycles. The van der Waals surface area contributed by atoms with E-state index in [1.165, 1.54) is 11.8 Å². The maximum absolute atomic E-state index is 15.6. The van der Waals surface area contributed by atoms with E-state index in [0.717, 1.165) is 80.1 Å². The molecular weight excluding hydrogens is 619 g/mol. The van der Waals surface area contributed by atoms with Crippen molar-refractivity contribution in [2.24, 2.45) is 14.1 Å². The number of anilines is 1. The van der Waals surface area contributed by atoms with E-state index < -0.39 is 5.60 Å². The highest BCUT2D eigenvalue weighted by Gasteiger charge is 2.33. The minimum absolute atomic E-state index is 0.156. The number of nitrogens with zero attached hydrogens (tertiary/aromatic N) is 8. The summed E-state index contributed by atoms with van der Waals surface area (Å²) >= 11 is 1.48. The predicted octanol–water partition coefficient (Wildman–Crippen LogP) is 5.74. The third kappa shape index (κ3) is 4.81. The first kappa shape index (κ1) is 30.5. The number of rotatable bonds is 5. The number of aryl methyl sites for hydroxylation is 3. The van der Waals surface area contributed by atoms with Gasteiger partial charge >= 0.3 is 0 Å². The van der Waals surface area contributed by atoms with Gasteiger partial charge in [-0.25, -0.2) is 19.0 Å². The van der Waals surface area contributed by atoms with E-state index in [2.05, 4.69) is 15.5 Å². The fraction of sp³-hybridized carbons (Fsp3) is 0.471. The van der Waals surface area contributed by atoms with E-state index in [9.17, 15) is 5.11 Å². The van der Waals surface area contributed by atoms with Gasteiger partial charge in [0.05, 0.1) is 47.9 Å². The van der Waals surface area contributed by atoms with Crippen LogP contribution in [0.2, 0.25) is 0 Å². The molecule has 0 spiro atoms. The van der Waals surface area contributed by atoms with Crippen LogP contribution in [0.1, 0.15) is 44.9 Å². The minimum atomic E-state index is -1.05. The second-order valence-electron chi connectivity index (χ2n) is 13.0. The molecule has 11 nitrogen and oxygen atoms in total. The van der Waals surface area contributed by atoms with Crippen molar-refractivity contribution in [1.82, 2.24) is 34.1 Å². The summed E-state index contributed by atoms with van der Waals surface area (Å²) < 4.78 is 33.5. The zero-order chi connectivity index (χ0) is 32.6. The van der Waals surface area contributed by atoms with Gasteiger partial charge in [0.15, 0.2) is 11.4 Å². The summed E-state index contributed by atoms with van der Waals surface area (Å²) in [5.74, 6) is 0.497. The fourth-order valence-corrected chi connectivity index (χ4v) is 7.90. The quantitative estimate of drug-likeness (QED) is 0.183. The Balaban J connectivity index is 1.47. The Bertz CT molecular complexity index is 2180. The molecule has 2 saturated heterocycles. The zero-order valence-electron chi connectivity index (χ0n) is 27.4. The molecular formula is C34H39FN8O3S. The molecule has 0 bridgehead atoms. The van der Waals surface area contributed by atoms with Gasteiger partial charge < -0.3 is 24.0 Å². The topological polar surface area (TPSA) is 108 Å². The smallest absolute Gasteiger partial charge is 0.191 e. The highest BCUT2D eigenvalue weighted by molar-refractivity contribution is 7.98. The summed E-state index contributed by atoms with van der Waals surface area (Å²) in [5.41, 5.74) is 4.61. The lowest BCUT2D eigenvalue weighted by Gasteiger charge is -2.28. The van der Waals surface area contributed by atoms with Crippen molar-refractivity contribution < 1.29 is 19.0 Å². The van der Waals surface area contributed by atoms with Crippen LogP contribution in [0.25, 0.3) is 55.0 Å². The Morgan fingerprint density at radius 1 is 1.13 bits per heavy atom. The van der Waals surface area contributed by atoms with Crippen LogP contribution in [0.15, 0.2) is 29.6 Å². The number of hydrogen-bond donors (Lipinski definition) is 1. The van der Waals surface area contributed by atoms with Crippen molar-refractivity contribution in [2.75, 3.05) is 44.1 Å². The first-order valence-electron chi connectivity index (χ1n) is 16.3. The number of aliphatic hydroxyl groups is 1. The van der Waals surface area contributed by atoms with Gasteiger partial charge in [0.1, 0.15) is 28.6 Å². The van der Waals surface area contributed by atoms with Crippen LogP contribution in [0.3, 0.4) is 0 Å². The maximum Gasteiger partial charge on any atom is 0.191 e. The van der Waals surface area contributed by atoms with Gasteiger partial charge in [-0.05, 0) is 67.3 Å². The molecule has 2 atom stereocenters. The number of thioether (sulfide) groups is 1. The standard InChI is InChI=1S/C34H39FN8O3S/c1-6-20-22(35)11-10-19-15-23-21(16-36-43(23)24-9-7-8-13-46-24)26(25(19)20)28-30-29(41(4)39-28)27-31(40(30)3)37-33(47-5)38-32(27)42-12-14-45-18-34(2,44)17-42/h10-11,15-16,24,44H,6-9,12-14,17-18H2,1-5H3/t24?,34-/m0/s1. The van der Waals surface area contributed by atoms with Gasteiger partial charge in [-0.1, -0.05) is 24.8 Å². The van der Waals surface area contributed by atoms with Crippen molar-refractivity contribution in [2.45, 2.75) is 56.5 Å². The molecule has 47 heavy (non-hydrogen) atoms. The summed E-state index contributed by atoms with van der Waals surface area (Å²) in [5, 5.41) is 25.3. The number of ether oxygens (including phenoxy) is 2. The molecule has 246 valence electrons. The summed E-state index contributed by atoms with van der Waals surface area (Å²) in [6.07, 6.45) is 7.22. The van der Waals surface area contributed by atoms with Gasteiger partial charge in [-0.3, -0.25) is 4.68 Å². The molecule has 0 amide bonds. The molecule has 8 rings (SSSR count). The Labute approximate surface area is 275 Å². The molecule has 2 aliphatic rings. The van der Waals surface area contributed by atoms with E-state index in [4.69, 9.17) is 29.6 Å². The predicted molar refractivity (Wildman–Crippen MR) is 183 cm³/mol. The van der Waals surface area contributed by atoms with Crippen LogP contribution in [-0.2, 0) is 30.0 Å². The second-order valence-corrected chi connectivity index (χ2v) is 13.8. The average Bonchev–Trinajstić information content (AvgIpc) is 3.69. The number of benzene rings is 2. The number of hydrogen-bond acceptors (Lipinski definition) is 9.